The van der Waals surface area contributed by atoms with Crippen molar-refractivity contribution in [2.75, 3.05) is 31.2 Å². The number of halogens is 3. The van der Waals surface area contributed by atoms with E-state index in [0.29, 0.717) is 32.0 Å². The highest BCUT2D eigenvalue weighted by Crippen LogP contribution is 2.34. The van der Waals surface area contributed by atoms with Crippen molar-refractivity contribution in [3.63, 3.8) is 0 Å². The Kier molecular flexibility index (Phi) is 4.17. The van der Waals surface area contributed by atoms with E-state index in [9.17, 15) is 18.0 Å². The highest BCUT2D eigenvalue weighted by atomic mass is 19.4. The molecule has 4 nitrogen and oxygen atoms in total. The summed E-state index contributed by atoms with van der Waals surface area (Å²) in [5, 5.41) is 8.84. The number of hydrogen-bond donors (Lipinski definition) is 1. The van der Waals surface area contributed by atoms with E-state index in [1.54, 1.807) is 4.90 Å². The Morgan fingerprint density at radius 1 is 1.25 bits per heavy atom. The minimum atomic E-state index is -4.69. The number of anilines is 1. The molecule has 1 N–H and O–H groups in total. The monoisotopic (exact) mass is 289 g/mol. The Hall–Kier alpha value is -1.76. The molecule has 2 rings (SSSR count). The van der Waals surface area contributed by atoms with Gasteiger partial charge in [-0.1, -0.05) is 0 Å². The summed E-state index contributed by atoms with van der Waals surface area (Å²) >= 11 is 0. The maximum absolute atomic E-state index is 12.9. The standard InChI is InChI=1S/C13H14F3NO3/c14-13(15,16)11-8-9(2-3-10(11)12(18)19)17-4-1-6-20-7-5-17/h2-3,8H,1,4-7H2,(H,18,19). The summed E-state index contributed by atoms with van der Waals surface area (Å²) < 4.78 is 44.0. The maximum Gasteiger partial charge on any atom is 0.417 e. The molecule has 1 aromatic rings. The van der Waals surface area contributed by atoms with Crippen molar-refractivity contribution in [2.45, 2.75) is 12.6 Å². The zero-order valence-electron chi connectivity index (χ0n) is 10.6. The average Bonchev–Trinajstić information content (AvgIpc) is 2.65. The summed E-state index contributed by atoms with van der Waals surface area (Å²) in [5.41, 5.74) is -1.48. The van der Waals surface area contributed by atoms with Crippen LogP contribution in [0.3, 0.4) is 0 Å². The molecular weight excluding hydrogens is 275 g/mol. The van der Waals surface area contributed by atoms with Crippen LogP contribution in [0.5, 0.6) is 0 Å². The highest BCUT2D eigenvalue weighted by molar-refractivity contribution is 5.90. The number of rotatable bonds is 2. The van der Waals surface area contributed by atoms with Crippen LogP contribution < -0.4 is 4.90 Å². The van der Waals surface area contributed by atoms with Crippen molar-refractivity contribution in [2.24, 2.45) is 0 Å². The fourth-order valence-corrected chi connectivity index (χ4v) is 2.15. The number of carbonyl (C=O) groups is 1. The number of benzene rings is 1. The van der Waals surface area contributed by atoms with Gasteiger partial charge in [0.1, 0.15) is 0 Å². The summed E-state index contributed by atoms with van der Waals surface area (Å²) in [6.45, 7) is 2.10. The van der Waals surface area contributed by atoms with Gasteiger partial charge < -0.3 is 14.7 Å². The van der Waals surface area contributed by atoms with Gasteiger partial charge in [-0.15, -0.1) is 0 Å². The fraction of sp³-hybridized carbons (Fsp3) is 0.462. The summed E-state index contributed by atoms with van der Waals surface area (Å²) in [4.78, 5) is 12.6. The van der Waals surface area contributed by atoms with Gasteiger partial charge in [0.05, 0.1) is 17.7 Å². The lowest BCUT2D eigenvalue weighted by Gasteiger charge is -2.23. The van der Waals surface area contributed by atoms with Crippen LogP contribution in [-0.4, -0.2) is 37.4 Å². The van der Waals surface area contributed by atoms with E-state index in [-0.39, 0.29) is 0 Å². The Morgan fingerprint density at radius 3 is 2.65 bits per heavy atom. The maximum atomic E-state index is 12.9. The molecule has 110 valence electrons. The largest absolute Gasteiger partial charge is 0.478 e. The number of alkyl halides is 3. The minimum absolute atomic E-state index is 0.368. The van der Waals surface area contributed by atoms with Crippen LogP contribution in [0.15, 0.2) is 18.2 Å². The van der Waals surface area contributed by atoms with Gasteiger partial charge in [0.2, 0.25) is 0 Å². The topological polar surface area (TPSA) is 49.8 Å². The first-order valence-electron chi connectivity index (χ1n) is 6.17. The quantitative estimate of drug-likeness (QED) is 0.909. The van der Waals surface area contributed by atoms with Crippen molar-refractivity contribution in [3.8, 4) is 0 Å². The molecule has 1 aliphatic rings. The molecule has 0 spiro atoms. The van der Waals surface area contributed by atoms with Crippen LogP contribution in [0.25, 0.3) is 0 Å². The first-order valence-corrected chi connectivity index (χ1v) is 6.17. The SMILES string of the molecule is O=C(O)c1ccc(N2CCCOCC2)cc1C(F)(F)F. The Balaban J connectivity index is 2.38. The van der Waals surface area contributed by atoms with Gasteiger partial charge in [0, 0.05) is 25.4 Å². The molecule has 0 atom stereocenters. The lowest BCUT2D eigenvalue weighted by atomic mass is 10.1. The molecule has 1 heterocycles. The molecule has 0 radical (unpaired) electrons. The van der Waals surface area contributed by atoms with Crippen LogP contribution in [0.1, 0.15) is 22.3 Å². The van der Waals surface area contributed by atoms with E-state index in [1.807, 2.05) is 0 Å². The molecule has 0 saturated carbocycles. The second-order valence-electron chi connectivity index (χ2n) is 4.49. The number of carboxylic acids is 1. The minimum Gasteiger partial charge on any atom is -0.478 e. The van der Waals surface area contributed by atoms with E-state index < -0.39 is 23.3 Å². The second kappa shape index (κ2) is 5.70. The summed E-state index contributed by atoms with van der Waals surface area (Å²) in [6, 6.07) is 3.31. The van der Waals surface area contributed by atoms with E-state index >= 15 is 0 Å². The van der Waals surface area contributed by atoms with Gasteiger partial charge in [-0.2, -0.15) is 13.2 Å². The fourth-order valence-electron chi connectivity index (χ4n) is 2.15. The van der Waals surface area contributed by atoms with Crippen LogP contribution in [0.2, 0.25) is 0 Å². The van der Waals surface area contributed by atoms with E-state index in [4.69, 9.17) is 9.84 Å². The van der Waals surface area contributed by atoms with Gasteiger partial charge >= 0.3 is 12.1 Å². The molecule has 0 aliphatic carbocycles. The Morgan fingerprint density at radius 2 is 2.00 bits per heavy atom. The van der Waals surface area contributed by atoms with Crippen molar-refractivity contribution in [3.05, 3.63) is 29.3 Å². The van der Waals surface area contributed by atoms with Crippen LogP contribution in [0.4, 0.5) is 18.9 Å². The zero-order valence-corrected chi connectivity index (χ0v) is 10.6. The van der Waals surface area contributed by atoms with Gasteiger partial charge in [0.25, 0.3) is 0 Å². The molecule has 1 saturated heterocycles. The van der Waals surface area contributed by atoms with Crippen molar-refractivity contribution >= 4 is 11.7 Å². The van der Waals surface area contributed by atoms with Crippen molar-refractivity contribution in [1.82, 2.24) is 0 Å². The van der Waals surface area contributed by atoms with Crippen molar-refractivity contribution in [1.29, 1.82) is 0 Å². The third-order valence-electron chi connectivity index (χ3n) is 3.13. The molecule has 0 amide bonds. The first kappa shape index (κ1) is 14.6. The summed E-state index contributed by atoms with van der Waals surface area (Å²) in [5.74, 6) is -1.58. The predicted molar refractivity (Wildman–Crippen MR) is 66.1 cm³/mol. The van der Waals surface area contributed by atoms with Crippen LogP contribution in [-0.2, 0) is 10.9 Å². The van der Waals surface area contributed by atoms with E-state index in [2.05, 4.69) is 0 Å². The summed E-state index contributed by atoms with van der Waals surface area (Å²) in [6.07, 6.45) is -3.96. The molecule has 0 aromatic heterocycles. The zero-order chi connectivity index (χ0) is 14.8. The number of hydrogen-bond acceptors (Lipinski definition) is 3. The molecule has 1 fully saturated rings. The third kappa shape index (κ3) is 3.22. The Labute approximate surface area is 113 Å². The number of ether oxygens (including phenoxy) is 1. The number of nitrogens with zero attached hydrogens (tertiary/aromatic N) is 1. The van der Waals surface area contributed by atoms with E-state index in [1.165, 1.54) is 6.07 Å². The lowest BCUT2D eigenvalue weighted by molar-refractivity contribution is -0.138. The average molecular weight is 289 g/mol. The van der Waals surface area contributed by atoms with Gasteiger partial charge in [-0.25, -0.2) is 4.79 Å². The van der Waals surface area contributed by atoms with Crippen LogP contribution >= 0.6 is 0 Å². The smallest absolute Gasteiger partial charge is 0.417 e. The molecule has 7 heteroatoms. The second-order valence-corrected chi connectivity index (χ2v) is 4.49. The van der Waals surface area contributed by atoms with E-state index in [0.717, 1.165) is 18.6 Å². The molecule has 0 bridgehead atoms. The third-order valence-corrected chi connectivity index (χ3v) is 3.13. The molecule has 1 aromatic carbocycles. The van der Waals surface area contributed by atoms with Gasteiger partial charge in [0.15, 0.2) is 0 Å². The lowest BCUT2D eigenvalue weighted by Crippen LogP contribution is -2.26. The number of carboxylic acid groups (broad SMARTS) is 1. The molecule has 20 heavy (non-hydrogen) atoms. The van der Waals surface area contributed by atoms with Gasteiger partial charge in [-0.3, -0.25) is 0 Å². The van der Waals surface area contributed by atoms with Gasteiger partial charge in [-0.05, 0) is 24.6 Å². The van der Waals surface area contributed by atoms with Crippen molar-refractivity contribution < 1.29 is 27.8 Å². The molecule has 1 aliphatic heterocycles. The normalized spacial score (nSPS) is 16.9. The highest BCUT2D eigenvalue weighted by Gasteiger charge is 2.36. The Bertz CT molecular complexity index is 494. The molecular formula is C13H14F3NO3. The first-order chi connectivity index (χ1) is 9.39. The van der Waals surface area contributed by atoms with Crippen LogP contribution in [0, 0.1) is 0 Å². The molecule has 0 unspecified atom stereocenters. The number of aromatic carboxylic acids is 1. The summed E-state index contributed by atoms with van der Waals surface area (Å²) in [7, 11) is 0. The predicted octanol–water partition coefficient (Wildman–Crippen LogP) is 2.63.